The third-order valence-electron chi connectivity index (χ3n) is 12.5. The zero-order chi connectivity index (χ0) is 41.0. The van der Waals surface area contributed by atoms with Crippen molar-refractivity contribution in [3.05, 3.63) is 243 Å². The first-order valence-electron chi connectivity index (χ1n) is 21.3. The standard InChI is InChI=1S/C60H40N2/c1-4-13-41(14-5-1)44-23-30-52(31-24-44)62-59-34-27-48(43-17-8-3-9-18-43)38-55(59)56-40-50(29-36-60(56)62)49-28-35-58-54(39-49)53-21-10-11-22-57(53)61(58)51-32-25-45(26-33-51)47-20-12-19-46(37-47)42-15-6-2-7-16-42/h1-40H. The maximum Gasteiger partial charge on any atom is 0.0541 e. The summed E-state index contributed by atoms with van der Waals surface area (Å²) in [6.07, 6.45) is 0. The molecule has 2 heterocycles. The average Bonchev–Trinajstić information content (AvgIpc) is 3.87. The summed E-state index contributed by atoms with van der Waals surface area (Å²) in [5.74, 6) is 0. The SMILES string of the molecule is c1ccc(-c2ccc(-n3c4ccc(-c5ccccc5)cc4c4cc(-c5ccc6c(c5)c5ccccc5n6-c5ccc(-c6cccc(-c7ccccc7)c6)cc5)ccc43)cc2)cc1. The summed E-state index contributed by atoms with van der Waals surface area (Å²) in [5.41, 5.74) is 19.2. The summed E-state index contributed by atoms with van der Waals surface area (Å²) in [4.78, 5) is 0. The first kappa shape index (κ1) is 35.7. The molecule has 290 valence electrons. The van der Waals surface area contributed by atoms with Crippen molar-refractivity contribution >= 4 is 43.6 Å². The Balaban J connectivity index is 0.960. The Labute approximate surface area is 360 Å². The zero-order valence-corrected chi connectivity index (χ0v) is 34.0. The predicted octanol–water partition coefficient (Wildman–Crippen LogP) is 16.2. The Hall–Kier alpha value is -8.20. The third-order valence-corrected chi connectivity index (χ3v) is 12.5. The van der Waals surface area contributed by atoms with Crippen LogP contribution < -0.4 is 0 Å². The molecule has 0 spiro atoms. The van der Waals surface area contributed by atoms with Crippen LogP contribution in [0.4, 0.5) is 0 Å². The second-order valence-corrected chi connectivity index (χ2v) is 16.2. The van der Waals surface area contributed by atoms with Gasteiger partial charge in [-0.3, -0.25) is 0 Å². The first-order chi connectivity index (χ1) is 30.7. The van der Waals surface area contributed by atoms with Crippen molar-refractivity contribution in [2.75, 3.05) is 0 Å². The van der Waals surface area contributed by atoms with Gasteiger partial charge in [-0.1, -0.05) is 170 Å². The van der Waals surface area contributed by atoms with Gasteiger partial charge in [-0.2, -0.15) is 0 Å². The number of aromatic nitrogens is 2. The van der Waals surface area contributed by atoms with E-state index >= 15 is 0 Å². The Kier molecular flexibility index (Phi) is 8.53. The van der Waals surface area contributed by atoms with E-state index in [-0.39, 0.29) is 0 Å². The number of hydrogen-bond acceptors (Lipinski definition) is 0. The van der Waals surface area contributed by atoms with E-state index in [2.05, 4.69) is 252 Å². The van der Waals surface area contributed by atoms with Crippen LogP contribution in [-0.4, -0.2) is 9.13 Å². The zero-order valence-electron chi connectivity index (χ0n) is 34.0. The Bertz CT molecular complexity index is 3580. The van der Waals surface area contributed by atoms with Gasteiger partial charge >= 0.3 is 0 Å². The molecule has 0 radical (unpaired) electrons. The lowest BCUT2D eigenvalue weighted by molar-refractivity contribution is 1.18. The minimum absolute atomic E-state index is 1.15. The smallest absolute Gasteiger partial charge is 0.0541 e. The average molecular weight is 789 g/mol. The third kappa shape index (κ3) is 6.12. The number of benzene rings is 10. The van der Waals surface area contributed by atoms with Gasteiger partial charge in [-0.25, -0.2) is 0 Å². The number of fused-ring (bicyclic) bond motifs is 6. The fraction of sp³-hybridized carbons (Fsp3) is 0. The molecule has 2 nitrogen and oxygen atoms in total. The van der Waals surface area contributed by atoms with Crippen LogP contribution in [0.1, 0.15) is 0 Å². The summed E-state index contributed by atoms with van der Waals surface area (Å²) < 4.78 is 4.82. The van der Waals surface area contributed by atoms with Crippen molar-refractivity contribution in [2.45, 2.75) is 0 Å². The summed E-state index contributed by atoms with van der Waals surface area (Å²) in [6, 6.07) is 88.4. The number of rotatable bonds is 7. The van der Waals surface area contributed by atoms with Gasteiger partial charge in [-0.05, 0) is 128 Å². The first-order valence-corrected chi connectivity index (χ1v) is 21.3. The summed E-state index contributed by atoms with van der Waals surface area (Å²) in [5, 5.41) is 4.96. The molecule has 10 aromatic carbocycles. The van der Waals surface area contributed by atoms with Crippen LogP contribution >= 0.6 is 0 Å². The Morgan fingerprint density at radius 1 is 0.177 bits per heavy atom. The second kappa shape index (κ2) is 14.8. The van der Waals surface area contributed by atoms with E-state index in [0.29, 0.717) is 0 Å². The van der Waals surface area contributed by atoms with Crippen LogP contribution in [0, 0.1) is 0 Å². The largest absolute Gasteiger partial charge is 0.309 e. The fourth-order valence-electron chi connectivity index (χ4n) is 9.47. The van der Waals surface area contributed by atoms with Crippen molar-refractivity contribution < 1.29 is 0 Å². The molecule has 0 unspecified atom stereocenters. The lowest BCUT2D eigenvalue weighted by Gasteiger charge is -2.11. The van der Waals surface area contributed by atoms with Crippen LogP contribution in [0.25, 0.3) is 111 Å². The molecule has 0 aliphatic carbocycles. The molecule has 0 aliphatic rings. The molecule has 0 atom stereocenters. The highest BCUT2D eigenvalue weighted by Gasteiger charge is 2.17. The van der Waals surface area contributed by atoms with Crippen LogP contribution in [0.5, 0.6) is 0 Å². The van der Waals surface area contributed by atoms with Crippen molar-refractivity contribution in [3.8, 4) is 67.0 Å². The summed E-state index contributed by atoms with van der Waals surface area (Å²) in [7, 11) is 0. The van der Waals surface area contributed by atoms with E-state index in [4.69, 9.17) is 0 Å². The van der Waals surface area contributed by atoms with Crippen LogP contribution in [0.3, 0.4) is 0 Å². The molecule has 0 saturated heterocycles. The van der Waals surface area contributed by atoms with Crippen LogP contribution in [0.2, 0.25) is 0 Å². The molecule has 0 aliphatic heterocycles. The van der Waals surface area contributed by atoms with Gasteiger partial charge in [0.25, 0.3) is 0 Å². The molecule has 0 N–H and O–H groups in total. The molecule has 62 heavy (non-hydrogen) atoms. The van der Waals surface area contributed by atoms with E-state index in [1.54, 1.807) is 0 Å². The van der Waals surface area contributed by atoms with E-state index in [1.807, 2.05) is 0 Å². The van der Waals surface area contributed by atoms with Gasteiger partial charge in [0.15, 0.2) is 0 Å². The molecule has 0 saturated carbocycles. The summed E-state index contributed by atoms with van der Waals surface area (Å²) in [6.45, 7) is 0. The lowest BCUT2D eigenvalue weighted by Crippen LogP contribution is -1.94. The van der Waals surface area contributed by atoms with Crippen molar-refractivity contribution in [2.24, 2.45) is 0 Å². The molecule has 2 heteroatoms. The fourth-order valence-corrected chi connectivity index (χ4v) is 9.47. The summed E-state index contributed by atoms with van der Waals surface area (Å²) >= 11 is 0. The van der Waals surface area contributed by atoms with E-state index in [0.717, 1.165) is 11.4 Å². The van der Waals surface area contributed by atoms with Crippen molar-refractivity contribution in [3.63, 3.8) is 0 Å². The highest BCUT2D eigenvalue weighted by molar-refractivity contribution is 6.13. The Morgan fingerprint density at radius 2 is 0.468 bits per heavy atom. The normalized spacial score (nSPS) is 11.5. The minimum Gasteiger partial charge on any atom is -0.309 e. The molecular weight excluding hydrogens is 749 g/mol. The topological polar surface area (TPSA) is 9.86 Å². The monoisotopic (exact) mass is 788 g/mol. The molecule has 12 rings (SSSR count). The molecule has 0 fully saturated rings. The maximum atomic E-state index is 2.42. The van der Waals surface area contributed by atoms with Crippen LogP contribution in [-0.2, 0) is 0 Å². The Morgan fingerprint density at radius 3 is 0.935 bits per heavy atom. The van der Waals surface area contributed by atoms with Crippen LogP contribution in [0.15, 0.2) is 243 Å². The number of hydrogen-bond donors (Lipinski definition) is 0. The lowest BCUT2D eigenvalue weighted by atomic mass is 9.99. The van der Waals surface area contributed by atoms with Gasteiger partial charge < -0.3 is 9.13 Å². The van der Waals surface area contributed by atoms with Gasteiger partial charge in [0.1, 0.15) is 0 Å². The van der Waals surface area contributed by atoms with Crippen molar-refractivity contribution in [1.82, 2.24) is 9.13 Å². The number of nitrogens with zero attached hydrogens (tertiary/aromatic N) is 2. The highest BCUT2D eigenvalue weighted by Crippen LogP contribution is 2.40. The molecule has 12 aromatic rings. The molecule has 2 aromatic heterocycles. The van der Waals surface area contributed by atoms with Gasteiger partial charge in [0.05, 0.1) is 22.1 Å². The maximum absolute atomic E-state index is 2.42. The van der Waals surface area contributed by atoms with E-state index in [1.165, 1.54) is 99.2 Å². The van der Waals surface area contributed by atoms with E-state index in [9.17, 15) is 0 Å². The molecule has 0 bridgehead atoms. The molecule has 0 amide bonds. The van der Waals surface area contributed by atoms with Gasteiger partial charge in [-0.15, -0.1) is 0 Å². The second-order valence-electron chi connectivity index (χ2n) is 16.2. The van der Waals surface area contributed by atoms with Gasteiger partial charge in [0.2, 0.25) is 0 Å². The van der Waals surface area contributed by atoms with Crippen molar-refractivity contribution in [1.29, 1.82) is 0 Å². The number of para-hydroxylation sites is 1. The van der Waals surface area contributed by atoms with E-state index < -0.39 is 0 Å². The van der Waals surface area contributed by atoms with Gasteiger partial charge in [0, 0.05) is 32.9 Å². The predicted molar refractivity (Wildman–Crippen MR) is 262 cm³/mol. The minimum atomic E-state index is 1.15. The quantitative estimate of drug-likeness (QED) is 0.152. The molecular formula is C60H40N2. The highest BCUT2D eigenvalue weighted by atomic mass is 15.0.